The fourth-order valence-corrected chi connectivity index (χ4v) is 1.31. The molecule has 0 spiro atoms. The van der Waals surface area contributed by atoms with E-state index in [9.17, 15) is 0 Å². The molecule has 0 bridgehead atoms. The molecule has 0 amide bonds. The van der Waals surface area contributed by atoms with Crippen molar-refractivity contribution in [3.63, 3.8) is 0 Å². The quantitative estimate of drug-likeness (QED) is 0.484. The third-order valence-corrected chi connectivity index (χ3v) is 2.18. The van der Waals surface area contributed by atoms with E-state index in [1.54, 1.807) is 6.20 Å². The van der Waals surface area contributed by atoms with E-state index in [2.05, 4.69) is 16.8 Å². The molecule has 0 fully saturated rings. The lowest BCUT2D eigenvalue weighted by Gasteiger charge is -1.92. The van der Waals surface area contributed by atoms with Gasteiger partial charge in [0.15, 0.2) is 0 Å². The van der Waals surface area contributed by atoms with Crippen LogP contribution in [0.1, 0.15) is 11.1 Å². The topological polar surface area (TPSA) is 12.9 Å². The summed E-state index contributed by atoms with van der Waals surface area (Å²) in [7, 11) is 0. The fraction of sp³-hybridized carbons (Fsp3) is 0. The van der Waals surface area contributed by atoms with Gasteiger partial charge in [-0.15, -0.1) is 0 Å². The number of hydrogen-bond acceptors (Lipinski definition) is 1. The fourth-order valence-electron chi connectivity index (χ4n) is 1.14. The second-order valence-electron chi connectivity index (χ2n) is 2.96. The van der Waals surface area contributed by atoms with Gasteiger partial charge in [-0.2, -0.15) is 0 Å². The van der Waals surface area contributed by atoms with Crippen molar-refractivity contribution >= 4 is 11.6 Å². The smallest absolute Gasteiger partial charge is 0.144 e. The van der Waals surface area contributed by atoms with Gasteiger partial charge in [0.25, 0.3) is 0 Å². The third-order valence-electron chi connectivity index (χ3n) is 1.87. The molecular weight excluding hydrogens is 206 g/mol. The van der Waals surface area contributed by atoms with Gasteiger partial charge in [0.2, 0.25) is 0 Å². The average Bonchev–Trinajstić information content (AvgIpc) is 2.29. The SMILES string of the molecule is Clc1ncccc1C#Cc1ccccc1. The molecular formula is C13H8ClN. The Morgan fingerprint density at radius 3 is 2.47 bits per heavy atom. The molecule has 0 aliphatic carbocycles. The monoisotopic (exact) mass is 213 g/mol. The van der Waals surface area contributed by atoms with Gasteiger partial charge in [-0.3, -0.25) is 0 Å². The number of benzene rings is 1. The van der Waals surface area contributed by atoms with Gasteiger partial charge in [0.1, 0.15) is 5.15 Å². The predicted octanol–water partition coefficient (Wildman–Crippen LogP) is 3.13. The second kappa shape index (κ2) is 4.63. The number of nitrogens with zero attached hydrogens (tertiary/aromatic N) is 1. The van der Waals surface area contributed by atoms with Gasteiger partial charge in [-0.25, -0.2) is 4.98 Å². The molecule has 0 atom stereocenters. The minimum Gasteiger partial charge on any atom is -0.243 e. The van der Waals surface area contributed by atoms with Gasteiger partial charge in [-0.05, 0) is 24.3 Å². The van der Waals surface area contributed by atoms with Crippen molar-refractivity contribution in [3.8, 4) is 11.8 Å². The summed E-state index contributed by atoms with van der Waals surface area (Å²) in [4.78, 5) is 3.95. The summed E-state index contributed by atoms with van der Waals surface area (Å²) in [5, 5.41) is 0.445. The van der Waals surface area contributed by atoms with Crippen LogP contribution in [-0.4, -0.2) is 4.98 Å². The van der Waals surface area contributed by atoms with Crippen LogP contribution in [0.2, 0.25) is 5.15 Å². The van der Waals surface area contributed by atoms with Crippen LogP contribution in [0.3, 0.4) is 0 Å². The lowest BCUT2D eigenvalue weighted by Crippen LogP contribution is -1.80. The lowest BCUT2D eigenvalue weighted by molar-refractivity contribution is 1.31. The van der Waals surface area contributed by atoms with Gasteiger partial charge in [-0.1, -0.05) is 41.6 Å². The Morgan fingerprint density at radius 1 is 0.933 bits per heavy atom. The normalized spacial score (nSPS) is 9.13. The zero-order valence-corrected chi connectivity index (χ0v) is 8.70. The first-order valence-electron chi connectivity index (χ1n) is 4.54. The number of hydrogen-bond donors (Lipinski definition) is 0. The molecule has 0 aliphatic rings. The molecule has 0 N–H and O–H groups in total. The molecule has 1 heterocycles. The van der Waals surface area contributed by atoms with E-state index in [4.69, 9.17) is 11.6 Å². The van der Waals surface area contributed by atoms with Crippen LogP contribution < -0.4 is 0 Å². The van der Waals surface area contributed by atoms with E-state index in [1.165, 1.54) is 0 Å². The first kappa shape index (κ1) is 9.76. The Labute approximate surface area is 93.7 Å². The van der Waals surface area contributed by atoms with Gasteiger partial charge >= 0.3 is 0 Å². The summed E-state index contributed by atoms with van der Waals surface area (Å²) in [5.74, 6) is 6.01. The summed E-state index contributed by atoms with van der Waals surface area (Å²) in [5.41, 5.74) is 1.72. The number of rotatable bonds is 0. The zero-order chi connectivity index (χ0) is 10.5. The molecule has 0 unspecified atom stereocenters. The molecule has 72 valence electrons. The van der Waals surface area contributed by atoms with Crippen molar-refractivity contribution in [3.05, 3.63) is 64.9 Å². The Bertz CT molecular complexity index is 509. The minimum absolute atomic E-state index is 0.445. The van der Waals surface area contributed by atoms with Crippen LogP contribution in [0.4, 0.5) is 0 Å². The molecule has 15 heavy (non-hydrogen) atoms. The molecule has 2 rings (SSSR count). The maximum Gasteiger partial charge on any atom is 0.144 e. The van der Waals surface area contributed by atoms with Crippen molar-refractivity contribution in [2.75, 3.05) is 0 Å². The van der Waals surface area contributed by atoms with Crippen LogP contribution in [0.15, 0.2) is 48.7 Å². The molecule has 1 nitrogen and oxygen atoms in total. The largest absolute Gasteiger partial charge is 0.243 e. The van der Waals surface area contributed by atoms with Crippen molar-refractivity contribution in [1.29, 1.82) is 0 Å². The highest BCUT2D eigenvalue weighted by atomic mass is 35.5. The number of aromatic nitrogens is 1. The molecule has 0 radical (unpaired) electrons. The van der Waals surface area contributed by atoms with E-state index in [0.717, 1.165) is 11.1 Å². The summed E-state index contributed by atoms with van der Waals surface area (Å²) < 4.78 is 0. The van der Waals surface area contributed by atoms with E-state index in [-0.39, 0.29) is 0 Å². The van der Waals surface area contributed by atoms with E-state index < -0.39 is 0 Å². The molecule has 1 aromatic carbocycles. The van der Waals surface area contributed by atoms with Gasteiger partial charge in [0.05, 0.1) is 5.56 Å². The Kier molecular flexibility index (Phi) is 3.02. The Morgan fingerprint density at radius 2 is 1.73 bits per heavy atom. The van der Waals surface area contributed by atoms with Crippen LogP contribution in [-0.2, 0) is 0 Å². The zero-order valence-electron chi connectivity index (χ0n) is 7.94. The van der Waals surface area contributed by atoms with Crippen molar-refractivity contribution in [1.82, 2.24) is 4.98 Å². The van der Waals surface area contributed by atoms with E-state index in [0.29, 0.717) is 5.15 Å². The summed E-state index contributed by atoms with van der Waals surface area (Å²) >= 11 is 5.88. The lowest BCUT2D eigenvalue weighted by atomic mass is 10.2. The van der Waals surface area contributed by atoms with Crippen LogP contribution >= 0.6 is 11.6 Å². The standard InChI is InChI=1S/C13H8ClN/c14-13-12(7-4-10-15-13)9-8-11-5-2-1-3-6-11/h1-7,10H. The van der Waals surface area contributed by atoms with Crippen molar-refractivity contribution in [2.45, 2.75) is 0 Å². The Balaban J connectivity index is 2.31. The number of pyridine rings is 1. The van der Waals surface area contributed by atoms with Gasteiger partial charge in [0, 0.05) is 11.8 Å². The van der Waals surface area contributed by atoms with Crippen molar-refractivity contribution in [2.24, 2.45) is 0 Å². The predicted molar refractivity (Wildman–Crippen MR) is 61.7 cm³/mol. The molecule has 2 heteroatoms. The van der Waals surface area contributed by atoms with Crippen LogP contribution in [0.25, 0.3) is 0 Å². The summed E-state index contributed by atoms with van der Waals surface area (Å²) in [6.45, 7) is 0. The highest BCUT2D eigenvalue weighted by Gasteiger charge is 1.94. The summed E-state index contributed by atoms with van der Waals surface area (Å²) in [6.07, 6.45) is 1.65. The number of halogens is 1. The summed E-state index contributed by atoms with van der Waals surface area (Å²) in [6, 6.07) is 13.5. The molecule has 0 saturated heterocycles. The van der Waals surface area contributed by atoms with E-state index in [1.807, 2.05) is 42.5 Å². The Hall–Kier alpha value is -1.78. The first-order valence-corrected chi connectivity index (χ1v) is 4.91. The highest BCUT2D eigenvalue weighted by molar-refractivity contribution is 6.30. The molecule has 0 aliphatic heterocycles. The van der Waals surface area contributed by atoms with Crippen LogP contribution in [0, 0.1) is 11.8 Å². The third kappa shape index (κ3) is 2.59. The van der Waals surface area contributed by atoms with E-state index >= 15 is 0 Å². The molecule has 0 saturated carbocycles. The maximum atomic E-state index is 5.88. The highest BCUT2D eigenvalue weighted by Crippen LogP contribution is 2.09. The maximum absolute atomic E-state index is 5.88. The minimum atomic E-state index is 0.445. The molecule has 1 aromatic heterocycles. The van der Waals surface area contributed by atoms with Gasteiger partial charge < -0.3 is 0 Å². The van der Waals surface area contributed by atoms with Crippen LogP contribution in [0.5, 0.6) is 0 Å². The first-order chi connectivity index (χ1) is 7.36. The second-order valence-corrected chi connectivity index (χ2v) is 3.32. The average molecular weight is 214 g/mol. The molecule has 2 aromatic rings. The van der Waals surface area contributed by atoms with Crippen molar-refractivity contribution < 1.29 is 0 Å².